The Kier molecular flexibility index (Phi) is 8.65. The Hall–Kier alpha value is -1.23. The molecule has 1 rings (SSSR count). The molecule has 0 aromatic heterocycles. The first-order chi connectivity index (χ1) is 12.6. The van der Waals surface area contributed by atoms with Crippen molar-refractivity contribution in [3.8, 4) is 0 Å². The summed E-state index contributed by atoms with van der Waals surface area (Å²) in [4.78, 5) is 37.9. The fourth-order valence-electron chi connectivity index (χ4n) is 4.57. The number of hydrogen-bond donors (Lipinski definition) is 2. The molecular formula is C22H38O5. The maximum absolute atomic E-state index is 13.1. The van der Waals surface area contributed by atoms with Gasteiger partial charge < -0.3 is 10.2 Å². The molecule has 0 spiro atoms. The standard InChI is InChI=1S/C22H38O5/c1-5-7-9-10-11-12-13-17(23)20(3)15-22(27,14-8-6-2)16-21(4,18(20)24)19(25)26/h27H,5-16H2,1-4H3,(H,25,26)/t20-,21-,22+/m1/s1. The molecular weight excluding hydrogens is 344 g/mol. The molecule has 1 fully saturated rings. The number of hydrogen-bond acceptors (Lipinski definition) is 4. The smallest absolute Gasteiger partial charge is 0.317 e. The highest BCUT2D eigenvalue weighted by Gasteiger charge is 2.62. The summed E-state index contributed by atoms with van der Waals surface area (Å²) in [5, 5.41) is 20.8. The van der Waals surface area contributed by atoms with Gasteiger partial charge in [0.1, 0.15) is 11.2 Å². The van der Waals surface area contributed by atoms with E-state index in [0.717, 1.165) is 38.5 Å². The largest absolute Gasteiger partial charge is 0.481 e. The molecule has 0 unspecified atom stereocenters. The van der Waals surface area contributed by atoms with E-state index in [1.165, 1.54) is 13.3 Å². The molecule has 1 aliphatic rings. The van der Waals surface area contributed by atoms with Gasteiger partial charge in [-0.25, -0.2) is 0 Å². The first-order valence-corrected chi connectivity index (χ1v) is 10.6. The summed E-state index contributed by atoms with van der Waals surface area (Å²) >= 11 is 0. The quantitative estimate of drug-likeness (QED) is 0.377. The number of carboxylic acid groups (broad SMARTS) is 1. The Morgan fingerprint density at radius 3 is 1.96 bits per heavy atom. The van der Waals surface area contributed by atoms with Crippen molar-refractivity contribution in [1.82, 2.24) is 0 Å². The highest BCUT2D eigenvalue weighted by molar-refractivity contribution is 6.16. The highest BCUT2D eigenvalue weighted by Crippen LogP contribution is 2.50. The summed E-state index contributed by atoms with van der Waals surface area (Å²) in [6, 6.07) is 0. The van der Waals surface area contributed by atoms with E-state index in [-0.39, 0.29) is 25.0 Å². The highest BCUT2D eigenvalue weighted by atomic mass is 16.4. The predicted molar refractivity (Wildman–Crippen MR) is 106 cm³/mol. The third-order valence-electron chi connectivity index (χ3n) is 6.21. The monoisotopic (exact) mass is 382 g/mol. The van der Waals surface area contributed by atoms with E-state index in [0.29, 0.717) is 12.8 Å². The molecule has 5 heteroatoms. The zero-order valence-electron chi connectivity index (χ0n) is 17.6. The molecule has 3 atom stereocenters. The van der Waals surface area contributed by atoms with Crippen LogP contribution in [0.3, 0.4) is 0 Å². The van der Waals surface area contributed by atoms with Crippen molar-refractivity contribution in [2.45, 2.75) is 110 Å². The average Bonchev–Trinajstić information content (AvgIpc) is 2.60. The van der Waals surface area contributed by atoms with Gasteiger partial charge in [-0.1, -0.05) is 58.8 Å². The van der Waals surface area contributed by atoms with Gasteiger partial charge in [-0.2, -0.15) is 0 Å². The second-order valence-corrected chi connectivity index (χ2v) is 8.92. The molecule has 2 N–H and O–H groups in total. The van der Waals surface area contributed by atoms with Crippen molar-refractivity contribution in [1.29, 1.82) is 0 Å². The molecule has 1 aliphatic carbocycles. The zero-order valence-corrected chi connectivity index (χ0v) is 17.6. The Morgan fingerprint density at radius 2 is 1.41 bits per heavy atom. The fraction of sp³-hybridized carbons (Fsp3) is 0.864. The van der Waals surface area contributed by atoms with Gasteiger partial charge in [-0.3, -0.25) is 14.4 Å². The topological polar surface area (TPSA) is 91.7 Å². The van der Waals surface area contributed by atoms with Crippen molar-refractivity contribution in [2.75, 3.05) is 0 Å². The summed E-state index contributed by atoms with van der Waals surface area (Å²) in [7, 11) is 0. The molecule has 156 valence electrons. The van der Waals surface area contributed by atoms with Crippen LogP contribution in [0.4, 0.5) is 0 Å². The number of carbonyl (C=O) groups excluding carboxylic acids is 2. The van der Waals surface area contributed by atoms with E-state index in [9.17, 15) is 24.6 Å². The van der Waals surface area contributed by atoms with E-state index < -0.39 is 28.2 Å². The fourth-order valence-corrected chi connectivity index (χ4v) is 4.57. The molecule has 5 nitrogen and oxygen atoms in total. The number of rotatable bonds is 12. The maximum atomic E-state index is 13.1. The second kappa shape index (κ2) is 9.81. The van der Waals surface area contributed by atoms with E-state index >= 15 is 0 Å². The summed E-state index contributed by atoms with van der Waals surface area (Å²) in [6.07, 6.45) is 8.42. The first kappa shape index (κ1) is 23.8. The van der Waals surface area contributed by atoms with Crippen molar-refractivity contribution >= 4 is 17.5 Å². The van der Waals surface area contributed by atoms with Crippen LogP contribution in [0.15, 0.2) is 0 Å². The molecule has 0 saturated heterocycles. The minimum Gasteiger partial charge on any atom is -0.481 e. The van der Waals surface area contributed by atoms with Crippen LogP contribution < -0.4 is 0 Å². The van der Waals surface area contributed by atoms with Crippen LogP contribution in [0.25, 0.3) is 0 Å². The van der Waals surface area contributed by atoms with Crippen LogP contribution in [0.1, 0.15) is 105 Å². The third kappa shape index (κ3) is 5.63. The second-order valence-electron chi connectivity index (χ2n) is 8.92. The average molecular weight is 383 g/mol. The van der Waals surface area contributed by atoms with Crippen molar-refractivity contribution < 1.29 is 24.6 Å². The molecule has 0 heterocycles. The van der Waals surface area contributed by atoms with Crippen LogP contribution in [0.5, 0.6) is 0 Å². The van der Waals surface area contributed by atoms with Gasteiger partial charge >= 0.3 is 5.97 Å². The predicted octanol–water partition coefficient (Wildman–Crippen LogP) is 4.69. The lowest BCUT2D eigenvalue weighted by Gasteiger charge is -2.48. The van der Waals surface area contributed by atoms with Crippen LogP contribution in [0, 0.1) is 10.8 Å². The zero-order chi connectivity index (χ0) is 20.7. The number of ketones is 2. The molecule has 0 aromatic carbocycles. The van der Waals surface area contributed by atoms with E-state index in [4.69, 9.17) is 0 Å². The number of unbranched alkanes of at least 4 members (excludes halogenated alkanes) is 6. The van der Waals surface area contributed by atoms with Gasteiger partial charge in [0, 0.05) is 6.42 Å². The van der Waals surface area contributed by atoms with Crippen molar-refractivity contribution in [3.05, 3.63) is 0 Å². The number of Topliss-reactive ketones (excluding diaryl/α,β-unsaturated/α-hetero) is 2. The lowest BCUT2D eigenvalue weighted by atomic mass is 9.54. The maximum Gasteiger partial charge on any atom is 0.317 e. The normalized spacial score (nSPS) is 31.1. The van der Waals surface area contributed by atoms with E-state index in [1.54, 1.807) is 6.92 Å². The van der Waals surface area contributed by atoms with Gasteiger partial charge in [0.15, 0.2) is 5.78 Å². The Bertz CT molecular complexity index is 543. The third-order valence-corrected chi connectivity index (χ3v) is 6.21. The molecule has 0 amide bonds. The van der Waals surface area contributed by atoms with Crippen LogP contribution >= 0.6 is 0 Å². The van der Waals surface area contributed by atoms with Gasteiger partial charge in [0.25, 0.3) is 0 Å². The molecule has 0 bridgehead atoms. The van der Waals surface area contributed by atoms with Gasteiger partial charge in [0.05, 0.1) is 11.0 Å². The van der Waals surface area contributed by atoms with E-state index in [1.807, 2.05) is 6.92 Å². The van der Waals surface area contributed by atoms with Crippen LogP contribution in [-0.2, 0) is 14.4 Å². The minimum atomic E-state index is -1.72. The Labute approximate surface area is 163 Å². The lowest BCUT2D eigenvalue weighted by Crippen LogP contribution is -2.60. The summed E-state index contributed by atoms with van der Waals surface area (Å²) in [6.45, 7) is 7.06. The Balaban J connectivity index is 2.93. The van der Waals surface area contributed by atoms with Crippen molar-refractivity contribution in [3.63, 3.8) is 0 Å². The molecule has 27 heavy (non-hydrogen) atoms. The molecule has 0 aromatic rings. The van der Waals surface area contributed by atoms with Gasteiger partial charge in [-0.05, 0) is 39.5 Å². The van der Waals surface area contributed by atoms with Gasteiger partial charge in [0.2, 0.25) is 0 Å². The number of carbonyl (C=O) groups is 3. The molecule has 0 radical (unpaired) electrons. The van der Waals surface area contributed by atoms with Crippen molar-refractivity contribution in [2.24, 2.45) is 10.8 Å². The summed E-state index contributed by atoms with van der Waals surface area (Å²) in [5.74, 6) is -2.01. The molecule has 1 saturated carbocycles. The van der Waals surface area contributed by atoms with Crippen LogP contribution in [0.2, 0.25) is 0 Å². The first-order valence-electron chi connectivity index (χ1n) is 10.6. The number of aliphatic hydroxyl groups is 1. The van der Waals surface area contributed by atoms with Crippen LogP contribution in [-0.4, -0.2) is 33.3 Å². The molecule has 0 aliphatic heterocycles. The Morgan fingerprint density at radius 1 is 0.889 bits per heavy atom. The number of aliphatic carboxylic acids is 1. The summed E-state index contributed by atoms with van der Waals surface area (Å²) < 4.78 is 0. The SMILES string of the molecule is CCCCCCCCC(=O)[C@@]1(C)C[C@@](O)(CCCC)C[C@@](C)(C(=O)O)C1=O. The van der Waals surface area contributed by atoms with Gasteiger partial charge in [-0.15, -0.1) is 0 Å². The van der Waals surface area contributed by atoms with E-state index in [2.05, 4.69) is 6.92 Å². The minimum absolute atomic E-state index is 0.0381. The summed E-state index contributed by atoms with van der Waals surface area (Å²) in [5.41, 5.74) is -4.42. The number of carboxylic acids is 1. The lowest BCUT2D eigenvalue weighted by molar-refractivity contribution is -0.176.